The summed E-state index contributed by atoms with van der Waals surface area (Å²) in [6.45, 7) is 0. The van der Waals surface area contributed by atoms with E-state index in [4.69, 9.17) is 4.98 Å². The van der Waals surface area contributed by atoms with Crippen LogP contribution in [0.5, 0.6) is 0 Å². The molecular weight excluding hydrogens is 583 g/mol. The minimum absolute atomic E-state index is 0.343. The van der Waals surface area contributed by atoms with Crippen LogP contribution in [0.2, 0.25) is 0 Å². The zero-order valence-corrected chi connectivity index (χ0v) is 25.1. The number of nitrogens with zero attached hydrogens (tertiary/aromatic N) is 5. The van der Waals surface area contributed by atoms with Crippen molar-refractivity contribution in [2.45, 2.75) is 0 Å². The van der Waals surface area contributed by atoms with Gasteiger partial charge in [0.2, 0.25) is 0 Å². The van der Waals surface area contributed by atoms with E-state index in [-0.39, 0.29) is 0 Å². The van der Waals surface area contributed by atoms with Gasteiger partial charge in [-0.25, -0.2) is 4.98 Å². The molecule has 0 unspecified atom stereocenters. The van der Waals surface area contributed by atoms with Gasteiger partial charge in [-0.1, -0.05) is 42.5 Å². The lowest BCUT2D eigenvalue weighted by Crippen LogP contribution is -1.93. The quantitative estimate of drug-likeness (QED) is 0.200. The first-order chi connectivity index (χ1) is 22.6. The van der Waals surface area contributed by atoms with Gasteiger partial charge in [-0.2, -0.15) is 15.8 Å². The van der Waals surface area contributed by atoms with Crippen molar-refractivity contribution < 1.29 is 0 Å². The van der Waals surface area contributed by atoms with Crippen LogP contribution >= 0.6 is 11.3 Å². The minimum Gasteiger partial charge on any atom is -0.309 e. The fraction of sp³-hybridized carbons (Fsp3) is 0. The van der Waals surface area contributed by atoms with E-state index >= 15 is 0 Å². The van der Waals surface area contributed by atoms with Gasteiger partial charge in [0, 0.05) is 22.0 Å². The number of rotatable bonds is 4. The van der Waals surface area contributed by atoms with E-state index in [1.54, 1.807) is 23.5 Å². The molecule has 0 aliphatic carbocycles. The summed E-state index contributed by atoms with van der Waals surface area (Å²) in [5.74, 6) is 0. The van der Waals surface area contributed by atoms with Crippen molar-refractivity contribution in [1.29, 1.82) is 15.8 Å². The zero-order valence-electron chi connectivity index (χ0n) is 24.3. The third-order valence-electron chi connectivity index (χ3n) is 8.31. The molecular formula is C40H21N5S. The lowest BCUT2D eigenvalue weighted by atomic mass is 9.94. The Morgan fingerprint density at radius 3 is 1.91 bits per heavy atom. The lowest BCUT2D eigenvalue weighted by molar-refractivity contribution is 1.18. The maximum atomic E-state index is 9.74. The second-order valence-electron chi connectivity index (χ2n) is 11.0. The largest absolute Gasteiger partial charge is 0.309 e. The first kappa shape index (κ1) is 27.1. The van der Waals surface area contributed by atoms with E-state index in [9.17, 15) is 15.8 Å². The number of nitriles is 3. The Morgan fingerprint density at radius 1 is 0.522 bits per heavy atom. The predicted molar refractivity (Wildman–Crippen MR) is 184 cm³/mol. The highest BCUT2D eigenvalue weighted by Gasteiger charge is 2.16. The molecule has 5 nitrogen and oxygen atoms in total. The van der Waals surface area contributed by atoms with E-state index in [0.29, 0.717) is 16.7 Å². The maximum Gasteiger partial charge on any atom is 0.124 e. The highest BCUT2D eigenvalue weighted by Crippen LogP contribution is 2.39. The van der Waals surface area contributed by atoms with Crippen LogP contribution in [0.25, 0.3) is 70.5 Å². The number of fused-ring (bicyclic) bond motifs is 4. The van der Waals surface area contributed by atoms with Gasteiger partial charge < -0.3 is 4.57 Å². The second kappa shape index (κ2) is 10.9. The summed E-state index contributed by atoms with van der Waals surface area (Å²) in [7, 11) is 0. The van der Waals surface area contributed by atoms with E-state index < -0.39 is 0 Å². The van der Waals surface area contributed by atoms with Gasteiger partial charge >= 0.3 is 0 Å². The Labute approximate surface area is 268 Å². The van der Waals surface area contributed by atoms with Gasteiger partial charge in [0.15, 0.2) is 0 Å². The van der Waals surface area contributed by atoms with E-state index in [0.717, 1.165) is 70.5 Å². The number of para-hydroxylation sites is 2. The van der Waals surface area contributed by atoms with Crippen molar-refractivity contribution in [2.75, 3.05) is 0 Å². The van der Waals surface area contributed by atoms with Crippen LogP contribution in [-0.2, 0) is 0 Å². The normalized spacial score (nSPS) is 11.0. The molecule has 8 rings (SSSR count). The van der Waals surface area contributed by atoms with Gasteiger partial charge in [-0.15, -0.1) is 11.3 Å². The second-order valence-corrected chi connectivity index (χ2v) is 12.0. The molecule has 0 saturated heterocycles. The smallest absolute Gasteiger partial charge is 0.124 e. The van der Waals surface area contributed by atoms with Gasteiger partial charge in [-0.3, -0.25) is 0 Å². The Balaban J connectivity index is 1.37. The molecule has 0 amide bonds. The number of thiazole rings is 1. The predicted octanol–water partition coefficient (Wildman–Crippen LogP) is 10.0. The fourth-order valence-corrected chi connectivity index (χ4v) is 7.07. The SMILES string of the molecule is N#Cc1ccc2c(c1)c1cc(-c3cc(-c4ccc(C#N)c(C#N)c4)cc(-c4nc5ccccc5s4)c3)ccc1n2-c1ccccc1. The molecule has 8 aromatic rings. The maximum absolute atomic E-state index is 9.74. The summed E-state index contributed by atoms with van der Waals surface area (Å²) >= 11 is 1.64. The number of aromatic nitrogens is 2. The van der Waals surface area contributed by atoms with Gasteiger partial charge in [0.05, 0.1) is 44.0 Å². The van der Waals surface area contributed by atoms with Crippen LogP contribution in [0.15, 0.2) is 127 Å². The molecule has 2 aromatic heterocycles. The molecule has 0 aliphatic rings. The Hall–Kier alpha value is -6.52. The van der Waals surface area contributed by atoms with Crippen molar-refractivity contribution in [2.24, 2.45) is 0 Å². The van der Waals surface area contributed by atoms with Gasteiger partial charge in [0.1, 0.15) is 17.1 Å². The fourth-order valence-electron chi connectivity index (χ4n) is 6.12. The summed E-state index contributed by atoms with van der Waals surface area (Å²) in [6, 6.07) is 49.0. The molecule has 6 aromatic carbocycles. The van der Waals surface area contributed by atoms with Gasteiger partial charge in [0.25, 0.3) is 0 Å². The molecule has 46 heavy (non-hydrogen) atoms. The lowest BCUT2D eigenvalue weighted by Gasteiger charge is -2.11. The number of benzene rings is 6. The van der Waals surface area contributed by atoms with Crippen molar-refractivity contribution in [1.82, 2.24) is 9.55 Å². The molecule has 2 heterocycles. The zero-order chi connectivity index (χ0) is 31.2. The average molecular weight is 604 g/mol. The van der Waals surface area contributed by atoms with Crippen LogP contribution in [0.4, 0.5) is 0 Å². The van der Waals surface area contributed by atoms with Crippen LogP contribution in [0.3, 0.4) is 0 Å². The first-order valence-electron chi connectivity index (χ1n) is 14.6. The first-order valence-corrected chi connectivity index (χ1v) is 15.4. The summed E-state index contributed by atoms with van der Waals surface area (Å²) in [6.07, 6.45) is 0. The molecule has 0 fully saturated rings. The van der Waals surface area contributed by atoms with Crippen molar-refractivity contribution in [3.05, 3.63) is 144 Å². The van der Waals surface area contributed by atoms with E-state index in [1.807, 2.05) is 60.7 Å². The monoisotopic (exact) mass is 603 g/mol. The average Bonchev–Trinajstić information content (AvgIpc) is 3.70. The van der Waals surface area contributed by atoms with Crippen molar-refractivity contribution >= 4 is 43.4 Å². The molecule has 0 aliphatic heterocycles. The molecule has 0 radical (unpaired) electrons. The topological polar surface area (TPSA) is 89.2 Å². The highest BCUT2D eigenvalue weighted by molar-refractivity contribution is 7.21. The Bertz CT molecular complexity index is 2590. The highest BCUT2D eigenvalue weighted by atomic mass is 32.1. The molecule has 0 N–H and O–H groups in total. The van der Waals surface area contributed by atoms with Crippen molar-refractivity contribution in [3.8, 4) is 56.7 Å². The van der Waals surface area contributed by atoms with Crippen LogP contribution in [0, 0.1) is 34.0 Å². The molecule has 0 saturated carbocycles. The van der Waals surface area contributed by atoms with Gasteiger partial charge in [-0.05, 0) is 107 Å². The molecule has 0 bridgehead atoms. The van der Waals surface area contributed by atoms with E-state index in [2.05, 4.69) is 77.4 Å². The number of hydrogen-bond acceptors (Lipinski definition) is 5. The third-order valence-corrected chi connectivity index (χ3v) is 9.40. The summed E-state index contributed by atoms with van der Waals surface area (Å²) < 4.78 is 3.34. The minimum atomic E-state index is 0.343. The van der Waals surface area contributed by atoms with Crippen LogP contribution in [0.1, 0.15) is 16.7 Å². The number of hydrogen-bond donors (Lipinski definition) is 0. The molecule has 212 valence electrons. The summed E-state index contributed by atoms with van der Waals surface area (Å²) in [5.41, 5.74) is 10.1. The van der Waals surface area contributed by atoms with Crippen LogP contribution < -0.4 is 0 Å². The Kier molecular flexibility index (Phi) is 6.40. The third kappa shape index (κ3) is 4.48. The standard InChI is InChI=1S/C40H21N5S/c41-22-25-10-14-37-34(16-25)35-21-27(13-15-38(35)45(37)33-6-2-1-3-7-33)30-18-29(26-11-12-28(23-42)32(17-26)24-43)19-31(20-30)40-44-36-8-4-5-9-39(36)46-40/h1-21H. The van der Waals surface area contributed by atoms with Crippen molar-refractivity contribution in [3.63, 3.8) is 0 Å². The van der Waals surface area contributed by atoms with E-state index in [1.165, 1.54) is 0 Å². The Morgan fingerprint density at radius 2 is 1.17 bits per heavy atom. The molecule has 0 atom stereocenters. The summed E-state index contributed by atoms with van der Waals surface area (Å²) in [4.78, 5) is 4.95. The summed E-state index contributed by atoms with van der Waals surface area (Å²) in [5, 5.41) is 31.9. The molecule has 6 heteroatoms. The van der Waals surface area contributed by atoms with Crippen LogP contribution in [-0.4, -0.2) is 9.55 Å². The molecule has 0 spiro atoms.